The molecule has 0 aromatic heterocycles. The molecule has 5 nitrogen and oxygen atoms in total. The number of hydrogen-bond donors (Lipinski definition) is 2. The van der Waals surface area contributed by atoms with Gasteiger partial charge in [0.2, 0.25) is 0 Å². The lowest BCUT2D eigenvalue weighted by molar-refractivity contribution is 0.280. The Morgan fingerprint density at radius 1 is 1.40 bits per heavy atom. The average Bonchev–Trinajstić information content (AvgIpc) is 2.43. The predicted octanol–water partition coefficient (Wildman–Crippen LogP) is 1.92. The second-order valence-corrected chi connectivity index (χ2v) is 7.34. The van der Waals surface area contributed by atoms with Crippen molar-refractivity contribution in [3.63, 3.8) is 0 Å². The monoisotopic (exact) mass is 365 g/mol. The highest BCUT2D eigenvalue weighted by molar-refractivity contribution is 9.10. The maximum atomic E-state index is 13.4. The lowest BCUT2D eigenvalue weighted by atomic mass is 9.99. The minimum atomic E-state index is -3.64. The third-order valence-electron chi connectivity index (χ3n) is 3.41. The van der Waals surface area contributed by atoms with Gasteiger partial charge < -0.3 is 5.73 Å². The number of nitrogens with one attached hydrogen (secondary N) is 1. The lowest BCUT2D eigenvalue weighted by Crippen LogP contribution is -2.42. The topological polar surface area (TPSA) is 75.4 Å². The maximum absolute atomic E-state index is 13.4. The first-order valence-electron chi connectivity index (χ1n) is 6.35. The van der Waals surface area contributed by atoms with Crippen molar-refractivity contribution >= 4 is 31.8 Å². The van der Waals surface area contributed by atoms with Crippen molar-refractivity contribution in [1.29, 1.82) is 0 Å². The molecular formula is C12H17BrFN3O2S. The molecule has 0 saturated carbocycles. The molecule has 112 valence electrons. The van der Waals surface area contributed by atoms with Crippen molar-refractivity contribution in [3.8, 4) is 0 Å². The number of nitrogens with two attached hydrogens (primary N) is 1. The molecule has 1 fully saturated rings. The van der Waals surface area contributed by atoms with Crippen LogP contribution in [-0.2, 0) is 10.2 Å². The van der Waals surface area contributed by atoms with E-state index in [0.29, 0.717) is 30.0 Å². The summed E-state index contributed by atoms with van der Waals surface area (Å²) >= 11 is 3.03. The predicted molar refractivity (Wildman–Crippen MR) is 80.0 cm³/mol. The zero-order valence-corrected chi connectivity index (χ0v) is 13.3. The summed E-state index contributed by atoms with van der Waals surface area (Å²) in [5, 5.41) is 0. The van der Waals surface area contributed by atoms with Crippen LogP contribution in [-0.4, -0.2) is 32.4 Å². The van der Waals surface area contributed by atoms with Crippen LogP contribution in [0.15, 0.2) is 22.7 Å². The fraction of sp³-hybridized carbons (Fsp3) is 0.500. The zero-order chi connectivity index (χ0) is 14.8. The summed E-state index contributed by atoms with van der Waals surface area (Å²) in [7, 11) is -3.64. The van der Waals surface area contributed by atoms with Crippen molar-refractivity contribution in [1.82, 2.24) is 4.31 Å². The lowest BCUT2D eigenvalue weighted by Gasteiger charge is -2.30. The van der Waals surface area contributed by atoms with Gasteiger partial charge in [-0.25, -0.2) is 4.39 Å². The molecule has 1 aliphatic rings. The first kappa shape index (κ1) is 15.7. The minimum Gasteiger partial charge on any atom is -0.330 e. The molecule has 0 amide bonds. The fourth-order valence-electron chi connectivity index (χ4n) is 2.16. The Labute approximate surface area is 126 Å². The van der Waals surface area contributed by atoms with E-state index in [0.717, 1.165) is 18.9 Å². The van der Waals surface area contributed by atoms with Crippen LogP contribution < -0.4 is 10.5 Å². The van der Waals surface area contributed by atoms with E-state index < -0.39 is 16.0 Å². The normalized spacial score (nSPS) is 18.1. The third kappa shape index (κ3) is 3.69. The summed E-state index contributed by atoms with van der Waals surface area (Å²) in [6.07, 6.45) is 1.51. The van der Waals surface area contributed by atoms with Crippen molar-refractivity contribution in [2.75, 3.05) is 24.4 Å². The number of benzene rings is 1. The van der Waals surface area contributed by atoms with Crippen LogP contribution >= 0.6 is 15.9 Å². The van der Waals surface area contributed by atoms with E-state index in [-0.39, 0.29) is 5.69 Å². The smallest absolute Gasteiger partial charge is 0.301 e. The zero-order valence-electron chi connectivity index (χ0n) is 10.9. The van der Waals surface area contributed by atoms with Crippen molar-refractivity contribution < 1.29 is 12.8 Å². The average molecular weight is 366 g/mol. The molecule has 1 saturated heterocycles. The Morgan fingerprint density at radius 2 is 2.05 bits per heavy atom. The molecule has 1 aliphatic heterocycles. The maximum Gasteiger partial charge on any atom is 0.301 e. The second-order valence-electron chi connectivity index (χ2n) is 4.81. The second kappa shape index (κ2) is 6.38. The molecule has 1 aromatic rings. The summed E-state index contributed by atoms with van der Waals surface area (Å²) in [6, 6.07) is 4.12. The van der Waals surface area contributed by atoms with E-state index in [4.69, 9.17) is 5.73 Å². The summed E-state index contributed by atoms with van der Waals surface area (Å²) in [5.41, 5.74) is 5.80. The van der Waals surface area contributed by atoms with Gasteiger partial charge in [0.15, 0.2) is 0 Å². The van der Waals surface area contributed by atoms with Gasteiger partial charge >= 0.3 is 10.2 Å². The van der Waals surface area contributed by atoms with E-state index in [9.17, 15) is 12.8 Å². The third-order valence-corrected chi connectivity index (χ3v) is 5.59. The fourth-order valence-corrected chi connectivity index (χ4v) is 3.65. The van der Waals surface area contributed by atoms with Gasteiger partial charge in [0.05, 0.1) is 10.2 Å². The van der Waals surface area contributed by atoms with Crippen LogP contribution in [0.1, 0.15) is 12.8 Å². The van der Waals surface area contributed by atoms with Crippen LogP contribution in [0.25, 0.3) is 0 Å². The minimum absolute atomic E-state index is 0.214. The van der Waals surface area contributed by atoms with Gasteiger partial charge in [-0.05, 0) is 59.4 Å². The van der Waals surface area contributed by atoms with E-state index in [1.54, 1.807) is 0 Å². The molecule has 1 aromatic carbocycles. The van der Waals surface area contributed by atoms with Gasteiger partial charge in [-0.15, -0.1) is 0 Å². The van der Waals surface area contributed by atoms with Gasteiger partial charge in [-0.3, -0.25) is 4.72 Å². The van der Waals surface area contributed by atoms with Crippen LogP contribution in [0.3, 0.4) is 0 Å². The number of anilines is 1. The summed E-state index contributed by atoms with van der Waals surface area (Å²) in [5.74, 6) is -0.126. The molecule has 0 bridgehead atoms. The summed E-state index contributed by atoms with van der Waals surface area (Å²) in [6.45, 7) is 1.46. The molecule has 0 spiro atoms. The highest BCUT2D eigenvalue weighted by Crippen LogP contribution is 2.23. The van der Waals surface area contributed by atoms with Crippen molar-refractivity contribution in [3.05, 3.63) is 28.5 Å². The first-order chi connectivity index (χ1) is 9.42. The molecule has 0 aliphatic carbocycles. The molecular weight excluding hydrogens is 349 g/mol. The molecule has 0 radical (unpaired) electrons. The SMILES string of the molecule is NCC1CCN(S(=O)(=O)Nc2ccc(Br)c(F)c2)CC1. The summed E-state index contributed by atoms with van der Waals surface area (Å²) < 4.78 is 41.8. The number of hydrogen-bond acceptors (Lipinski definition) is 3. The Balaban J connectivity index is 2.05. The first-order valence-corrected chi connectivity index (χ1v) is 8.58. The number of rotatable bonds is 4. The van der Waals surface area contributed by atoms with Gasteiger partial charge in [0.1, 0.15) is 5.82 Å². The van der Waals surface area contributed by atoms with E-state index in [1.165, 1.54) is 16.4 Å². The quantitative estimate of drug-likeness (QED) is 0.855. The Morgan fingerprint density at radius 3 is 2.60 bits per heavy atom. The Hall–Kier alpha value is -0.700. The molecule has 1 heterocycles. The largest absolute Gasteiger partial charge is 0.330 e. The molecule has 2 rings (SSSR count). The number of piperidine rings is 1. The molecule has 20 heavy (non-hydrogen) atoms. The van der Waals surface area contributed by atoms with Crippen LogP contribution in [0.2, 0.25) is 0 Å². The van der Waals surface area contributed by atoms with Crippen molar-refractivity contribution in [2.45, 2.75) is 12.8 Å². The van der Waals surface area contributed by atoms with Gasteiger partial charge in [-0.2, -0.15) is 12.7 Å². The molecule has 8 heteroatoms. The number of halogens is 2. The van der Waals surface area contributed by atoms with Gasteiger partial charge in [-0.1, -0.05) is 0 Å². The van der Waals surface area contributed by atoms with Crippen molar-refractivity contribution in [2.24, 2.45) is 11.7 Å². The van der Waals surface area contributed by atoms with Gasteiger partial charge in [0, 0.05) is 13.1 Å². The van der Waals surface area contributed by atoms with Gasteiger partial charge in [0.25, 0.3) is 0 Å². The van der Waals surface area contributed by atoms with E-state index in [2.05, 4.69) is 20.7 Å². The standard InChI is InChI=1S/C12H17BrFN3O2S/c13-11-2-1-10(7-12(11)14)16-20(18,19)17-5-3-9(8-15)4-6-17/h1-2,7,9,16H,3-6,8,15H2. The Bertz CT molecular complexity index is 574. The highest BCUT2D eigenvalue weighted by Gasteiger charge is 2.27. The number of nitrogens with zero attached hydrogens (tertiary/aromatic N) is 1. The Kier molecular flexibility index (Phi) is 5.00. The summed E-state index contributed by atoms with van der Waals surface area (Å²) in [4.78, 5) is 0. The van der Waals surface area contributed by atoms with E-state index in [1.807, 2.05) is 0 Å². The molecule has 3 N–H and O–H groups in total. The molecule has 0 unspecified atom stereocenters. The van der Waals surface area contributed by atoms with E-state index >= 15 is 0 Å². The molecule has 0 atom stereocenters. The van der Waals surface area contributed by atoms with Crippen LogP contribution in [0, 0.1) is 11.7 Å². The highest BCUT2D eigenvalue weighted by atomic mass is 79.9. The van der Waals surface area contributed by atoms with Crippen LogP contribution in [0.4, 0.5) is 10.1 Å². The van der Waals surface area contributed by atoms with Crippen LogP contribution in [0.5, 0.6) is 0 Å².